The van der Waals surface area contributed by atoms with Gasteiger partial charge in [0.25, 0.3) is 0 Å². The van der Waals surface area contributed by atoms with Gasteiger partial charge in [0, 0.05) is 30.0 Å². The summed E-state index contributed by atoms with van der Waals surface area (Å²) in [6.45, 7) is 2.07. The van der Waals surface area contributed by atoms with E-state index in [4.69, 9.17) is 14.2 Å². The van der Waals surface area contributed by atoms with Crippen LogP contribution in [0.5, 0.6) is 11.5 Å². The molecule has 5 fully saturated rings. The van der Waals surface area contributed by atoms with Gasteiger partial charge >= 0.3 is 0 Å². The monoisotopic (exact) mass is 451 g/mol. The average Bonchev–Trinajstić information content (AvgIpc) is 3.61. The third-order valence-electron chi connectivity index (χ3n) is 10.8. The van der Waals surface area contributed by atoms with Crippen LogP contribution in [0.3, 0.4) is 0 Å². The summed E-state index contributed by atoms with van der Waals surface area (Å²) in [5.74, 6) is 2.35. The van der Waals surface area contributed by atoms with Crippen LogP contribution in [0.2, 0.25) is 0 Å². The molecule has 2 spiro atoms. The molecule has 1 amide bonds. The SMILES string of the molecule is COc1ccc2c3c1O[C@H]1[C@@]4(OC)CC[C@@]5(C[C@]4(C)C=O)[C@@H](C2)C(NC(=O)C2CC2)CC[C@]315. The van der Waals surface area contributed by atoms with Gasteiger partial charge in [-0.1, -0.05) is 6.07 Å². The molecule has 0 aromatic heterocycles. The van der Waals surface area contributed by atoms with Crippen molar-refractivity contribution in [1.82, 2.24) is 5.32 Å². The van der Waals surface area contributed by atoms with Crippen LogP contribution in [0.15, 0.2) is 12.1 Å². The lowest BCUT2D eigenvalue weighted by Crippen LogP contribution is -2.81. The highest BCUT2D eigenvalue weighted by Gasteiger charge is 2.83. The molecule has 0 radical (unpaired) electrons. The zero-order valence-electron chi connectivity index (χ0n) is 19.7. The molecule has 33 heavy (non-hydrogen) atoms. The Morgan fingerprint density at radius 2 is 2.00 bits per heavy atom. The number of nitrogens with one attached hydrogen (secondary N) is 1. The molecule has 1 aromatic rings. The minimum atomic E-state index is -0.663. The molecular weight excluding hydrogens is 418 g/mol. The topological polar surface area (TPSA) is 73.9 Å². The van der Waals surface area contributed by atoms with Gasteiger partial charge in [-0.2, -0.15) is 0 Å². The van der Waals surface area contributed by atoms with Gasteiger partial charge in [0.05, 0.1) is 12.5 Å². The van der Waals surface area contributed by atoms with Crippen molar-refractivity contribution in [1.29, 1.82) is 0 Å². The predicted octanol–water partition coefficient (Wildman–Crippen LogP) is 3.33. The highest BCUT2D eigenvalue weighted by molar-refractivity contribution is 5.81. The molecule has 1 aromatic carbocycles. The molecule has 5 saturated carbocycles. The minimum absolute atomic E-state index is 0.0992. The largest absolute Gasteiger partial charge is 0.493 e. The molecule has 6 aliphatic carbocycles. The van der Waals surface area contributed by atoms with Crippen LogP contribution in [0, 0.1) is 22.7 Å². The summed E-state index contributed by atoms with van der Waals surface area (Å²) in [5.41, 5.74) is 1.03. The lowest BCUT2D eigenvalue weighted by atomic mass is 9.30. The number of fused-ring (bicyclic) bond motifs is 2. The fraction of sp³-hybridized carbons (Fsp3) is 0.704. The molecule has 1 unspecified atom stereocenters. The Kier molecular flexibility index (Phi) is 3.77. The van der Waals surface area contributed by atoms with Gasteiger partial charge < -0.3 is 24.3 Å². The quantitative estimate of drug-likeness (QED) is 0.696. The van der Waals surface area contributed by atoms with Crippen LogP contribution < -0.4 is 14.8 Å². The van der Waals surface area contributed by atoms with Crippen molar-refractivity contribution in [3.05, 3.63) is 23.3 Å². The van der Waals surface area contributed by atoms with Crippen LogP contribution in [0.4, 0.5) is 0 Å². The first kappa shape index (κ1) is 20.3. The Bertz CT molecular complexity index is 1080. The van der Waals surface area contributed by atoms with E-state index in [1.807, 2.05) is 6.07 Å². The Balaban J connectivity index is 1.46. The van der Waals surface area contributed by atoms with Crippen molar-refractivity contribution in [3.8, 4) is 11.5 Å². The number of methoxy groups -OCH3 is 2. The van der Waals surface area contributed by atoms with Crippen molar-refractivity contribution in [3.63, 3.8) is 0 Å². The fourth-order valence-corrected chi connectivity index (χ4v) is 9.39. The zero-order chi connectivity index (χ0) is 22.8. The van der Waals surface area contributed by atoms with Gasteiger partial charge in [0.1, 0.15) is 18.0 Å². The van der Waals surface area contributed by atoms with Gasteiger partial charge in [-0.25, -0.2) is 0 Å². The molecule has 4 bridgehead atoms. The molecule has 7 atom stereocenters. The Morgan fingerprint density at radius 1 is 1.18 bits per heavy atom. The molecule has 1 heterocycles. The van der Waals surface area contributed by atoms with E-state index in [0.29, 0.717) is 5.92 Å². The van der Waals surface area contributed by atoms with Crippen LogP contribution in [-0.4, -0.2) is 44.2 Å². The standard InChI is InChI=1S/C27H33NO5/c1-24(14-29)13-25-10-11-27(24,32-3)23-26(25)9-8-18(28-22(30)15-4-5-15)17(25)12-16-6-7-19(31-2)21(33-23)20(16)26/h6-7,14-15,17-18,23H,4-5,8-13H2,1-3H3,(H,28,30)/t17-,18?,23+,24+,25+,26-,27-/m0/s1. The van der Waals surface area contributed by atoms with Gasteiger partial charge in [0.15, 0.2) is 11.5 Å². The second-order valence-electron chi connectivity index (χ2n) is 11.8. The Morgan fingerprint density at radius 3 is 2.70 bits per heavy atom. The van der Waals surface area contributed by atoms with Crippen molar-refractivity contribution in [2.45, 2.75) is 81.5 Å². The number of benzene rings is 1. The molecule has 1 aliphatic heterocycles. The first-order valence-electron chi connectivity index (χ1n) is 12.6. The first-order valence-corrected chi connectivity index (χ1v) is 12.6. The summed E-state index contributed by atoms with van der Waals surface area (Å²) in [6, 6.07) is 4.37. The molecule has 176 valence electrons. The lowest BCUT2D eigenvalue weighted by molar-refractivity contribution is -0.292. The average molecular weight is 452 g/mol. The second-order valence-corrected chi connectivity index (χ2v) is 11.8. The van der Waals surface area contributed by atoms with E-state index in [0.717, 1.165) is 69.2 Å². The normalized spacial score (nSPS) is 45.7. The molecular formula is C27H33NO5. The second kappa shape index (κ2) is 6.12. The Labute approximate surface area is 194 Å². The summed E-state index contributed by atoms with van der Waals surface area (Å²) >= 11 is 0. The molecule has 6 nitrogen and oxygen atoms in total. The van der Waals surface area contributed by atoms with Crippen molar-refractivity contribution in [2.24, 2.45) is 22.7 Å². The lowest BCUT2D eigenvalue weighted by Gasteiger charge is -2.75. The fourth-order valence-electron chi connectivity index (χ4n) is 9.39. The maximum absolute atomic E-state index is 12.9. The first-order chi connectivity index (χ1) is 15.9. The zero-order valence-corrected chi connectivity index (χ0v) is 19.7. The number of amides is 1. The van der Waals surface area contributed by atoms with E-state index in [9.17, 15) is 9.59 Å². The van der Waals surface area contributed by atoms with Crippen molar-refractivity contribution < 1.29 is 23.8 Å². The number of carbonyl (C=O) groups excluding carboxylic acids is 2. The predicted molar refractivity (Wildman–Crippen MR) is 120 cm³/mol. The Hall–Kier alpha value is -2.08. The summed E-state index contributed by atoms with van der Waals surface area (Å²) in [5, 5.41) is 3.47. The van der Waals surface area contributed by atoms with Crippen molar-refractivity contribution in [2.75, 3.05) is 14.2 Å². The number of rotatable bonds is 5. The van der Waals surface area contributed by atoms with Crippen LogP contribution in [-0.2, 0) is 26.2 Å². The van der Waals surface area contributed by atoms with E-state index in [1.165, 1.54) is 11.1 Å². The van der Waals surface area contributed by atoms with Gasteiger partial charge in [-0.3, -0.25) is 4.79 Å². The summed E-state index contributed by atoms with van der Waals surface area (Å²) in [7, 11) is 3.45. The number of carbonyl (C=O) groups is 2. The molecule has 7 aliphatic rings. The van der Waals surface area contributed by atoms with E-state index in [2.05, 4.69) is 18.3 Å². The number of ether oxygens (including phenoxy) is 3. The van der Waals surface area contributed by atoms with E-state index in [-0.39, 0.29) is 34.8 Å². The molecule has 6 heteroatoms. The number of hydrogen-bond donors (Lipinski definition) is 1. The maximum Gasteiger partial charge on any atom is 0.223 e. The highest BCUT2D eigenvalue weighted by Crippen LogP contribution is 2.80. The molecule has 1 N–H and O–H groups in total. The van der Waals surface area contributed by atoms with Crippen LogP contribution >= 0.6 is 0 Å². The number of aldehydes is 1. The smallest absolute Gasteiger partial charge is 0.223 e. The maximum atomic E-state index is 12.9. The summed E-state index contributed by atoms with van der Waals surface area (Å²) < 4.78 is 19.0. The van der Waals surface area contributed by atoms with Gasteiger partial charge in [-0.05, 0) is 81.3 Å². The van der Waals surface area contributed by atoms with Crippen molar-refractivity contribution >= 4 is 12.2 Å². The summed E-state index contributed by atoms with van der Waals surface area (Å²) in [4.78, 5) is 25.6. The van der Waals surface area contributed by atoms with Crippen LogP contribution in [0.25, 0.3) is 0 Å². The number of hydrogen-bond acceptors (Lipinski definition) is 5. The van der Waals surface area contributed by atoms with Crippen LogP contribution in [0.1, 0.15) is 63.0 Å². The van der Waals surface area contributed by atoms with Gasteiger partial charge in [0.2, 0.25) is 5.91 Å². The third-order valence-corrected chi connectivity index (χ3v) is 10.8. The minimum Gasteiger partial charge on any atom is -0.493 e. The third kappa shape index (κ3) is 2.04. The highest BCUT2D eigenvalue weighted by atomic mass is 16.6. The summed E-state index contributed by atoms with van der Waals surface area (Å²) in [6.07, 6.45) is 8.33. The van der Waals surface area contributed by atoms with E-state index < -0.39 is 11.0 Å². The van der Waals surface area contributed by atoms with E-state index >= 15 is 0 Å². The molecule has 0 saturated heterocycles. The van der Waals surface area contributed by atoms with E-state index in [1.54, 1.807) is 14.2 Å². The molecule has 8 rings (SSSR count). The van der Waals surface area contributed by atoms with Gasteiger partial charge in [-0.15, -0.1) is 0 Å².